The Bertz CT molecular complexity index is 1030. The largest absolute Gasteiger partial charge is 0.507 e. The van der Waals surface area contributed by atoms with Gasteiger partial charge in [0.2, 0.25) is 0 Å². The lowest BCUT2D eigenvalue weighted by Crippen LogP contribution is -2.13. The van der Waals surface area contributed by atoms with Gasteiger partial charge in [-0.2, -0.15) is 0 Å². The number of aryl methyl sites for hydroxylation is 1. The third kappa shape index (κ3) is 7.04. The number of phenolic OH excluding ortho intramolecular Hbond substituents is 1. The number of carbonyl (C=O) groups is 1. The number of nitrogens with zero attached hydrogens (tertiary/aromatic N) is 1. The van der Waals surface area contributed by atoms with E-state index in [9.17, 15) is 9.90 Å². The maximum atomic E-state index is 12.3. The van der Waals surface area contributed by atoms with Crippen LogP contribution in [0.1, 0.15) is 83.8 Å². The highest BCUT2D eigenvalue weighted by molar-refractivity contribution is 7.21. The first-order valence-corrected chi connectivity index (χ1v) is 13.0. The van der Waals surface area contributed by atoms with E-state index in [0.29, 0.717) is 19.4 Å². The number of thiazole rings is 1. The van der Waals surface area contributed by atoms with Crippen molar-refractivity contribution in [2.24, 2.45) is 0 Å². The van der Waals surface area contributed by atoms with Crippen LogP contribution in [0.2, 0.25) is 0 Å². The van der Waals surface area contributed by atoms with Crippen LogP contribution in [0.3, 0.4) is 0 Å². The van der Waals surface area contributed by atoms with Gasteiger partial charge < -0.3 is 9.84 Å². The summed E-state index contributed by atoms with van der Waals surface area (Å²) in [4.78, 5) is 17.0. The van der Waals surface area contributed by atoms with Crippen LogP contribution in [0.5, 0.6) is 5.75 Å². The number of benzene rings is 2. The first-order valence-electron chi connectivity index (χ1n) is 12.2. The van der Waals surface area contributed by atoms with E-state index < -0.39 is 0 Å². The minimum Gasteiger partial charge on any atom is -0.507 e. The number of fused-ring (bicyclic) bond motifs is 1. The number of hydrogen-bond donors (Lipinski definition) is 1. The molecule has 0 saturated heterocycles. The van der Waals surface area contributed by atoms with Gasteiger partial charge in [-0.1, -0.05) is 78.0 Å². The van der Waals surface area contributed by atoms with Gasteiger partial charge in [0.1, 0.15) is 10.8 Å². The minimum atomic E-state index is -0.232. The Morgan fingerprint density at radius 3 is 2.52 bits per heavy atom. The van der Waals surface area contributed by atoms with Gasteiger partial charge in [0.05, 0.1) is 22.4 Å². The molecule has 0 amide bonds. The van der Waals surface area contributed by atoms with Crippen LogP contribution in [-0.4, -0.2) is 22.7 Å². The van der Waals surface area contributed by atoms with Gasteiger partial charge in [0.15, 0.2) is 0 Å². The summed E-state index contributed by atoms with van der Waals surface area (Å²) in [7, 11) is 0. The zero-order chi connectivity index (χ0) is 23.8. The highest BCUT2D eigenvalue weighted by Gasteiger charge is 2.23. The molecular weight excluding hydrogens is 430 g/mol. The van der Waals surface area contributed by atoms with Gasteiger partial charge in [-0.15, -0.1) is 11.3 Å². The van der Waals surface area contributed by atoms with Crippen molar-refractivity contribution >= 4 is 27.5 Å². The second kappa shape index (κ2) is 11.6. The summed E-state index contributed by atoms with van der Waals surface area (Å²) in [6.45, 7) is 8.97. The number of para-hydroxylation sites is 1. The number of esters is 1. The molecule has 33 heavy (non-hydrogen) atoms. The fourth-order valence-electron chi connectivity index (χ4n) is 3.95. The van der Waals surface area contributed by atoms with Crippen LogP contribution >= 0.6 is 11.3 Å². The summed E-state index contributed by atoms with van der Waals surface area (Å²) in [5.74, 6) is 0.117. The van der Waals surface area contributed by atoms with Crippen LogP contribution in [0.4, 0.5) is 0 Å². The van der Waals surface area contributed by atoms with E-state index in [1.165, 1.54) is 25.7 Å². The number of hydrogen-bond acceptors (Lipinski definition) is 5. The van der Waals surface area contributed by atoms with Crippen molar-refractivity contribution in [3.05, 3.63) is 47.5 Å². The van der Waals surface area contributed by atoms with Crippen molar-refractivity contribution in [2.45, 2.75) is 84.5 Å². The molecule has 0 saturated carbocycles. The number of ether oxygens (including phenoxy) is 1. The number of phenols is 1. The lowest BCUT2D eigenvalue weighted by atomic mass is 9.83. The van der Waals surface area contributed by atoms with Gasteiger partial charge >= 0.3 is 5.97 Å². The van der Waals surface area contributed by atoms with E-state index in [0.717, 1.165) is 44.8 Å². The van der Waals surface area contributed by atoms with Crippen molar-refractivity contribution in [2.75, 3.05) is 6.61 Å². The molecule has 0 aliphatic carbocycles. The first-order chi connectivity index (χ1) is 15.8. The van der Waals surface area contributed by atoms with Crippen LogP contribution in [0.25, 0.3) is 20.8 Å². The Morgan fingerprint density at radius 2 is 1.79 bits per heavy atom. The van der Waals surface area contributed by atoms with Crippen molar-refractivity contribution < 1.29 is 14.6 Å². The molecule has 3 aromatic rings. The lowest BCUT2D eigenvalue weighted by Gasteiger charge is -2.23. The predicted octanol–water partition coefficient (Wildman–Crippen LogP) is 7.80. The highest BCUT2D eigenvalue weighted by Crippen LogP contribution is 2.42. The van der Waals surface area contributed by atoms with E-state index in [2.05, 4.69) is 27.7 Å². The fraction of sp³-hybridized carbons (Fsp3) is 0.500. The molecule has 0 bridgehead atoms. The summed E-state index contributed by atoms with van der Waals surface area (Å²) in [5.41, 5.74) is 3.32. The standard InChI is InChI=1S/C28H37NO3S/c1-5-6-7-8-9-12-17-32-25(30)16-15-20-18-21(26(31)22(19-20)28(2,3)4)27-29-23-13-10-11-14-24(23)33-27/h10-11,13-14,18-19,31H,5-9,12,15-17H2,1-4H3. The normalized spacial score (nSPS) is 11.8. The Balaban J connectivity index is 1.69. The average molecular weight is 468 g/mol. The Labute approximate surface area is 202 Å². The van der Waals surface area contributed by atoms with Crippen molar-refractivity contribution in [3.8, 4) is 16.3 Å². The first kappa shape index (κ1) is 25.2. The summed E-state index contributed by atoms with van der Waals surface area (Å²) in [6.07, 6.45) is 7.96. The van der Waals surface area contributed by atoms with E-state index >= 15 is 0 Å². The topological polar surface area (TPSA) is 59.4 Å². The Kier molecular flexibility index (Phi) is 8.90. The van der Waals surface area contributed by atoms with Gasteiger partial charge in [-0.3, -0.25) is 4.79 Å². The predicted molar refractivity (Wildman–Crippen MR) is 138 cm³/mol. The third-order valence-corrected chi connectivity index (χ3v) is 6.95. The second-order valence-corrected chi connectivity index (χ2v) is 10.8. The molecule has 0 radical (unpaired) electrons. The maximum absolute atomic E-state index is 12.3. The smallest absolute Gasteiger partial charge is 0.306 e. The van der Waals surface area contributed by atoms with Gasteiger partial charge in [-0.25, -0.2) is 4.98 Å². The average Bonchev–Trinajstić information content (AvgIpc) is 3.21. The van der Waals surface area contributed by atoms with E-state index in [4.69, 9.17) is 9.72 Å². The molecule has 4 nitrogen and oxygen atoms in total. The molecule has 0 spiro atoms. The monoisotopic (exact) mass is 467 g/mol. The Hall–Kier alpha value is -2.40. The van der Waals surface area contributed by atoms with Gasteiger partial charge in [0, 0.05) is 12.0 Å². The fourth-order valence-corrected chi connectivity index (χ4v) is 4.93. The molecule has 0 unspecified atom stereocenters. The van der Waals surface area contributed by atoms with Crippen LogP contribution < -0.4 is 0 Å². The van der Waals surface area contributed by atoms with Crippen LogP contribution in [0, 0.1) is 0 Å². The molecule has 3 rings (SSSR count). The molecule has 178 valence electrons. The molecule has 0 fully saturated rings. The molecule has 0 aliphatic heterocycles. The third-order valence-electron chi connectivity index (χ3n) is 5.88. The molecular formula is C28H37NO3S. The summed E-state index contributed by atoms with van der Waals surface area (Å²) in [5, 5.41) is 11.9. The summed E-state index contributed by atoms with van der Waals surface area (Å²) >= 11 is 1.57. The number of rotatable bonds is 11. The highest BCUT2D eigenvalue weighted by atomic mass is 32.1. The maximum Gasteiger partial charge on any atom is 0.306 e. The van der Waals surface area contributed by atoms with Crippen molar-refractivity contribution in [1.82, 2.24) is 4.98 Å². The molecule has 2 aromatic carbocycles. The van der Waals surface area contributed by atoms with Gasteiger partial charge in [0.25, 0.3) is 0 Å². The lowest BCUT2D eigenvalue weighted by molar-refractivity contribution is -0.143. The second-order valence-electron chi connectivity index (χ2n) is 9.76. The van der Waals surface area contributed by atoms with Gasteiger partial charge in [-0.05, 0) is 42.0 Å². The molecule has 1 N–H and O–H groups in total. The molecule has 0 atom stereocenters. The molecule has 5 heteroatoms. The number of aromatic nitrogens is 1. The quantitative estimate of drug-likeness (QED) is 0.231. The van der Waals surface area contributed by atoms with Crippen LogP contribution in [-0.2, 0) is 21.4 Å². The van der Waals surface area contributed by atoms with E-state index in [1.54, 1.807) is 11.3 Å². The zero-order valence-electron chi connectivity index (χ0n) is 20.4. The van der Waals surface area contributed by atoms with E-state index in [1.807, 2.05) is 36.4 Å². The van der Waals surface area contributed by atoms with Crippen LogP contribution in [0.15, 0.2) is 36.4 Å². The molecule has 0 aliphatic rings. The van der Waals surface area contributed by atoms with Crippen molar-refractivity contribution in [3.63, 3.8) is 0 Å². The Morgan fingerprint density at radius 1 is 1.06 bits per heavy atom. The minimum absolute atomic E-state index is 0.157. The van der Waals surface area contributed by atoms with E-state index in [-0.39, 0.29) is 17.1 Å². The molecule has 1 aromatic heterocycles. The summed E-state index contributed by atoms with van der Waals surface area (Å²) in [6, 6.07) is 12.0. The molecule has 1 heterocycles. The number of unbranched alkanes of at least 4 members (excludes halogenated alkanes) is 5. The number of carbonyl (C=O) groups excluding carboxylic acids is 1. The zero-order valence-corrected chi connectivity index (χ0v) is 21.3. The SMILES string of the molecule is CCCCCCCCOC(=O)CCc1cc(-c2nc3ccccc3s2)c(O)c(C(C)(C)C)c1. The number of aromatic hydroxyl groups is 1. The summed E-state index contributed by atoms with van der Waals surface area (Å²) < 4.78 is 6.54. The van der Waals surface area contributed by atoms with Crippen molar-refractivity contribution in [1.29, 1.82) is 0 Å².